The van der Waals surface area contributed by atoms with E-state index in [9.17, 15) is 19.2 Å². The highest BCUT2D eigenvalue weighted by atomic mass is 16.6. The van der Waals surface area contributed by atoms with Gasteiger partial charge in [0.2, 0.25) is 5.91 Å². The zero-order valence-electron chi connectivity index (χ0n) is 16.0. The molecule has 0 unspecified atom stereocenters. The molecule has 1 aromatic carbocycles. The predicted molar refractivity (Wildman–Crippen MR) is 97.8 cm³/mol. The van der Waals surface area contributed by atoms with Gasteiger partial charge in [-0.2, -0.15) is 0 Å². The number of carbonyl (C=O) groups is 4. The van der Waals surface area contributed by atoms with Gasteiger partial charge in [-0.1, -0.05) is 18.2 Å². The molecule has 2 amide bonds. The van der Waals surface area contributed by atoms with E-state index in [1.165, 1.54) is 7.11 Å². The van der Waals surface area contributed by atoms with Gasteiger partial charge in [0.25, 0.3) is 5.91 Å². The molecule has 0 heterocycles. The van der Waals surface area contributed by atoms with Crippen LogP contribution in [0.1, 0.15) is 44.0 Å². The first-order chi connectivity index (χ1) is 12.6. The third-order valence-electron chi connectivity index (χ3n) is 3.32. The minimum atomic E-state index is -1.01. The summed E-state index contributed by atoms with van der Waals surface area (Å²) in [6, 6.07) is 7.41. The van der Waals surface area contributed by atoms with Gasteiger partial charge in [-0.05, 0) is 39.3 Å². The Morgan fingerprint density at radius 2 is 1.70 bits per heavy atom. The van der Waals surface area contributed by atoms with Gasteiger partial charge in [-0.25, -0.2) is 4.79 Å². The summed E-state index contributed by atoms with van der Waals surface area (Å²) in [6.45, 7) is 4.90. The van der Waals surface area contributed by atoms with E-state index in [4.69, 9.17) is 4.74 Å². The maximum Gasteiger partial charge on any atom is 0.328 e. The van der Waals surface area contributed by atoms with Gasteiger partial charge < -0.3 is 20.1 Å². The normalized spacial score (nSPS) is 11.9. The molecule has 8 nitrogen and oxygen atoms in total. The van der Waals surface area contributed by atoms with E-state index in [0.717, 1.165) is 0 Å². The lowest BCUT2D eigenvalue weighted by Crippen LogP contribution is -2.46. The van der Waals surface area contributed by atoms with E-state index in [0.29, 0.717) is 5.56 Å². The zero-order valence-corrected chi connectivity index (χ0v) is 16.0. The molecule has 1 aromatic rings. The van der Waals surface area contributed by atoms with Crippen molar-refractivity contribution in [2.75, 3.05) is 13.7 Å². The van der Waals surface area contributed by atoms with Crippen molar-refractivity contribution in [3.8, 4) is 0 Å². The number of ether oxygens (including phenoxy) is 2. The SMILES string of the molecule is COC(=O)[C@H](CCC(=O)OC(C)(C)C)NC(=O)CNC(=O)c1ccccc1. The van der Waals surface area contributed by atoms with Crippen LogP contribution in [-0.4, -0.2) is 49.1 Å². The number of esters is 2. The monoisotopic (exact) mass is 378 g/mol. The van der Waals surface area contributed by atoms with Gasteiger partial charge in [0.1, 0.15) is 11.6 Å². The van der Waals surface area contributed by atoms with Crippen molar-refractivity contribution in [2.45, 2.75) is 45.3 Å². The molecule has 0 bridgehead atoms. The molecule has 0 aromatic heterocycles. The molecule has 0 aliphatic rings. The maximum absolute atomic E-state index is 12.0. The first kappa shape index (κ1) is 22.1. The standard InChI is InChI=1S/C19H26N2O6/c1-19(2,3)27-16(23)11-10-14(18(25)26-4)21-15(22)12-20-17(24)13-8-6-5-7-9-13/h5-9,14H,10-12H2,1-4H3,(H,20,24)(H,21,22)/t14-/m0/s1. The van der Waals surface area contributed by atoms with Crippen LogP contribution in [0.2, 0.25) is 0 Å². The highest BCUT2D eigenvalue weighted by Crippen LogP contribution is 2.10. The Morgan fingerprint density at radius 1 is 1.07 bits per heavy atom. The summed E-state index contributed by atoms with van der Waals surface area (Å²) in [5.74, 6) is -2.14. The number of nitrogens with one attached hydrogen (secondary N) is 2. The van der Waals surface area contributed by atoms with Crippen LogP contribution in [0.25, 0.3) is 0 Å². The topological polar surface area (TPSA) is 111 Å². The summed E-state index contributed by atoms with van der Waals surface area (Å²) in [5, 5.41) is 4.92. The number of hydrogen-bond acceptors (Lipinski definition) is 6. The molecule has 0 saturated heterocycles. The largest absolute Gasteiger partial charge is 0.467 e. The summed E-state index contributed by atoms with van der Waals surface area (Å²) in [6.07, 6.45) is -0.0341. The van der Waals surface area contributed by atoms with Crippen molar-refractivity contribution in [2.24, 2.45) is 0 Å². The smallest absolute Gasteiger partial charge is 0.328 e. The number of hydrogen-bond donors (Lipinski definition) is 2. The first-order valence-corrected chi connectivity index (χ1v) is 8.54. The fourth-order valence-corrected chi connectivity index (χ4v) is 2.14. The van der Waals surface area contributed by atoms with Gasteiger partial charge in [0.05, 0.1) is 13.7 Å². The molecule has 0 aliphatic heterocycles. The summed E-state index contributed by atoms with van der Waals surface area (Å²) >= 11 is 0. The zero-order chi connectivity index (χ0) is 20.4. The van der Waals surface area contributed by atoms with E-state index < -0.39 is 35.4 Å². The van der Waals surface area contributed by atoms with E-state index in [1.807, 2.05) is 0 Å². The van der Waals surface area contributed by atoms with E-state index in [2.05, 4.69) is 15.4 Å². The van der Waals surface area contributed by atoms with Crippen molar-refractivity contribution >= 4 is 23.8 Å². The van der Waals surface area contributed by atoms with Crippen LogP contribution < -0.4 is 10.6 Å². The average molecular weight is 378 g/mol. The third-order valence-corrected chi connectivity index (χ3v) is 3.32. The molecule has 2 N–H and O–H groups in total. The Labute approximate surface area is 158 Å². The van der Waals surface area contributed by atoms with Crippen LogP contribution in [0.15, 0.2) is 30.3 Å². The third kappa shape index (κ3) is 8.84. The lowest BCUT2D eigenvalue weighted by Gasteiger charge is -2.21. The molecule has 0 aliphatic carbocycles. The minimum absolute atomic E-state index is 0.0277. The first-order valence-electron chi connectivity index (χ1n) is 8.54. The minimum Gasteiger partial charge on any atom is -0.467 e. The Balaban J connectivity index is 2.53. The molecule has 0 radical (unpaired) electrons. The Hall–Kier alpha value is -2.90. The van der Waals surface area contributed by atoms with E-state index in [1.54, 1.807) is 51.1 Å². The summed E-state index contributed by atoms with van der Waals surface area (Å²) < 4.78 is 9.82. The summed E-state index contributed by atoms with van der Waals surface area (Å²) in [5.41, 5.74) is -0.220. The molecule has 0 spiro atoms. The number of carbonyl (C=O) groups excluding carboxylic acids is 4. The fraction of sp³-hybridized carbons (Fsp3) is 0.474. The van der Waals surface area contributed by atoms with Crippen LogP contribution >= 0.6 is 0 Å². The van der Waals surface area contributed by atoms with Gasteiger partial charge >= 0.3 is 11.9 Å². The van der Waals surface area contributed by atoms with Crippen LogP contribution in [0, 0.1) is 0 Å². The summed E-state index contributed by atoms with van der Waals surface area (Å²) in [4.78, 5) is 47.6. The second-order valence-corrected chi connectivity index (χ2v) is 6.82. The average Bonchev–Trinajstić information content (AvgIpc) is 2.61. The van der Waals surface area contributed by atoms with Gasteiger partial charge in [0.15, 0.2) is 0 Å². The second kappa shape index (κ2) is 10.3. The van der Waals surface area contributed by atoms with Gasteiger partial charge in [0, 0.05) is 12.0 Å². The van der Waals surface area contributed by atoms with Crippen LogP contribution in [0.5, 0.6) is 0 Å². The number of rotatable bonds is 8. The molecular weight excluding hydrogens is 352 g/mol. The Bertz CT molecular complexity index is 667. The van der Waals surface area contributed by atoms with E-state index in [-0.39, 0.29) is 19.4 Å². The molecule has 1 atom stereocenters. The lowest BCUT2D eigenvalue weighted by molar-refractivity contribution is -0.155. The molecule has 8 heteroatoms. The quantitative estimate of drug-likeness (QED) is 0.658. The second-order valence-electron chi connectivity index (χ2n) is 6.82. The summed E-state index contributed by atoms with van der Waals surface area (Å²) in [7, 11) is 1.19. The highest BCUT2D eigenvalue weighted by Gasteiger charge is 2.24. The molecule has 0 saturated carbocycles. The van der Waals surface area contributed by atoms with Gasteiger partial charge in [-0.3, -0.25) is 14.4 Å². The van der Waals surface area contributed by atoms with Crippen LogP contribution in [0.4, 0.5) is 0 Å². The number of amides is 2. The van der Waals surface area contributed by atoms with Gasteiger partial charge in [-0.15, -0.1) is 0 Å². The Morgan fingerprint density at radius 3 is 2.26 bits per heavy atom. The lowest BCUT2D eigenvalue weighted by atomic mass is 10.1. The molecule has 0 fully saturated rings. The predicted octanol–water partition coefficient (Wildman–Crippen LogP) is 1.20. The van der Waals surface area contributed by atoms with Crippen molar-refractivity contribution in [3.63, 3.8) is 0 Å². The molecular formula is C19H26N2O6. The van der Waals surface area contributed by atoms with E-state index >= 15 is 0 Å². The Kier molecular flexibility index (Phi) is 8.44. The van der Waals surface area contributed by atoms with Crippen LogP contribution in [0.3, 0.4) is 0 Å². The van der Waals surface area contributed by atoms with Crippen molar-refractivity contribution < 1.29 is 28.7 Å². The maximum atomic E-state index is 12.0. The highest BCUT2D eigenvalue weighted by molar-refractivity contribution is 5.96. The van der Waals surface area contributed by atoms with Crippen molar-refractivity contribution in [3.05, 3.63) is 35.9 Å². The van der Waals surface area contributed by atoms with Crippen LogP contribution in [-0.2, 0) is 23.9 Å². The van der Waals surface area contributed by atoms with Crippen molar-refractivity contribution in [1.29, 1.82) is 0 Å². The molecule has 27 heavy (non-hydrogen) atoms. The molecule has 148 valence electrons. The number of methoxy groups -OCH3 is 1. The fourth-order valence-electron chi connectivity index (χ4n) is 2.14. The number of benzene rings is 1. The molecule has 1 rings (SSSR count). The van der Waals surface area contributed by atoms with Crippen molar-refractivity contribution in [1.82, 2.24) is 10.6 Å².